The Bertz CT molecular complexity index is 1130. The Balaban J connectivity index is 1.90. The summed E-state index contributed by atoms with van der Waals surface area (Å²) >= 11 is 0. The lowest BCUT2D eigenvalue weighted by atomic mass is 10.2. The van der Waals surface area contributed by atoms with E-state index < -0.39 is 0 Å². The highest BCUT2D eigenvalue weighted by Crippen LogP contribution is 2.24. The standard InChI is InChI=1S/C19H19N5O2/c1-13-16-17(20-12-23(19(16)25)9-6-10-26-2)15-11-21-24(18(15)22-13)14-7-4-3-5-8-14/h3-5,7-8,11-12H,6,9-10H2,1-2H3. The molecule has 4 aromatic rings. The number of nitrogens with zero attached hydrogens (tertiary/aromatic N) is 5. The first kappa shape index (κ1) is 16.4. The van der Waals surface area contributed by atoms with Gasteiger partial charge in [0.2, 0.25) is 0 Å². The predicted molar refractivity (Wildman–Crippen MR) is 99.7 cm³/mol. The molecule has 0 N–H and O–H groups in total. The highest BCUT2D eigenvalue weighted by atomic mass is 16.5. The molecule has 0 amide bonds. The van der Waals surface area contributed by atoms with Crippen LogP contribution in [0, 0.1) is 6.92 Å². The Morgan fingerprint density at radius 1 is 1.19 bits per heavy atom. The number of hydrogen-bond donors (Lipinski definition) is 0. The first-order chi connectivity index (χ1) is 12.7. The molecule has 0 bridgehead atoms. The molecule has 0 spiro atoms. The number of ether oxygens (including phenoxy) is 1. The summed E-state index contributed by atoms with van der Waals surface area (Å²) in [5.74, 6) is 0. The van der Waals surface area contributed by atoms with E-state index in [9.17, 15) is 4.79 Å². The lowest BCUT2D eigenvalue weighted by molar-refractivity contribution is 0.190. The fourth-order valence-corrected chi connectivity index (χ4v) is 3.15. The molecule has 26 heavy (non-hydrogen) atoms. The summed E-state index contributed by atoms with van der Waals surface area (Å²) in [6.07, 6.45) is 4.07. The molecular weight excluding hydrogens is 330 g/mol. The van der Waals surface area contributed by atoms with Gasteiger partial charge in [-0.25, -0.2) is 14.6 Å². The van der Waals surface area contributed by atoms with Crippen LogP contribution in [-0.4, -0.2) is 38.0 Å². The van der Waals surface area contributed by atoms with Crippen molar-refractivity contribution in [2.24, 2.45) is 0 Å². The van der Waals surface area contributed by atoms with Crippen molar-refractivity contribution in [1.82, 2.24) is 24.3 Å². The largest absolute Gasteiger partial charge is 0.385 e. The molecule has 0 aliphatic carbocycles. The van der Waals surface area contributed by atoms with E-state index in [4.69, 9.17) is 4.74 Å². The van der Waals surface area contributed by atoms with Crippen molar-refractivity contribution in [3.8, 4) is 5.69 Å². The second-order valence-corrected chi connectivity index (χ2v) is 6.14. The van der Waals surface area contributed by atoms with Gasteiger partial charge in [0.1, 0.15) is 0 Å². The van der Waals surface area contributed by atoms with Gasteiger partial charge in [-0.1, -0.05) is 18.2 Å². The molecule has 0 aliphatic heterocycles. The number of para-hydroxylation sites is 1. The van der Waals surface area contributed by atoms with Crippen LogP contribution in [0.5, 0.6) is 0 Å². The van der Waals surface area contributed by atoms with Crippen LogP contribution in [0.3, 0.4) is 0 Å². The summed E-state index contributed by atoms with van der Waals surface area (Å²) in [6.45, 7) is 3.01. The van der Waals surface area contributed by atoms with E-state index in [2.05, 4.69) is 15.1 Å². The van der Waals surface area contributed by atoms with Crippen molar-refractivity contribution in [3.63, 3.8) is 0 Å². The molecule has 7 heteroatoms. The van der Waals surface area contributed by atoms with E-state index in [1.165, 1.54) is 0 Å². The lowest BCUT2D eigenvalue weighted by Gasteiger charge is -2.09. The Hall–Kier alpha value is -3.06. The van der Waals surface area contributed by atoms with E-state index in [1.807, 2.05) is 37.3 Å². The van der Waals surface area contributed by atoms with Crippen molar-refractivity contribution < 1.29 is 4.74 Å². The van der Waals surface area contributed by atoms with Gasteiger partial charge in [0.05, 0.1) is 40.2 Å². The molecule has 0 saturated heterocycles. The minimum absolute atomic E-state index is 0.0783. The number of fused-ring (bicyclic) bond motifs is 3. The third-order valence-corrected chi connectivity index (χ3v) is 4.42. The second kappa shape index (κ2) is 6.68. The van der Waals surface area contributed by atoms with Gasteiger partial charge in [0, 0.05) is 20.3 Å². The van der Waals surface area contributed by atoms with Crippen molar-refractivity contribution in [2.75, 3.05) is 13.7 Å². The number of hydrogen-bond acceptors (Lipinski definition) is 5. The number of aryl methyl sites for hydroxylation is 2. The van der Waals surface area contributed by atoms with Gasteiger partial charge >= 0.3 is 0 Å². The van der Waals surface area contributed by atoms with Crippen LogP contribution in [0.15, 0.2) is 47.7 Å². The lowest BCUT2D eigenvalue weighted by Crippen LogP contribution is -2.22. The molecule has 0 radical (unpaired) electrons. The SMILES string of the molecule is COCCCn1cnc2c(c(C)nc3c2cnn3-c2ccccc2)c1=O. The summed E-state index contributed by atoms with van der Waals surface area (Å²) in [6, 6.07) is 9.79. The quantitative estimate of drug-likeness (QED) is 0.518. The molecule has 1 aromatic carbocycles. The number of aromatic nitrogens is 5. The van der Waals surface area contributed by atoms with Crippen LogP contribution in [-0.2, 0) is 11.3 Å². The van der Waals surface area contributed by atoms with Crippen LogP contribution in [0.25, 0.3) is 27.6 Å². The van der Waals surface area contributed by atoms with Crippen LogP contribution in [0.1, 0.15) is 12.1 Å². The fraction of sp³-hybridized carbons (Fsp3) is 0.263. The van der Waals surface area contributed by atoms with Crippen molar-refractivity contribution >= 4 is 21.9 Å². The van der Waals surface area contributed by atoms with Gasteiger partial charge in [-0.05, 0) is 25.5 Å². The molecule has 0 unspecified atom stereocenters. The Morgan fingerprint density at radius 2 is 2.00 bits per heavy atom. The number of rotatable bonds is 5. The zero-order valence-corrected chi connectivity index (χ0v) is 14.7. The number of benzene rings is 1. The molecule has 7 nitrogen and oxygen atoms in total. The highest BCUT2D eigenvalue weighted by Gasteiger charge is 2.16. The predicted octanol–water partition coefficient (Wildman–Crippen LogP) is 2.48. The van der Waals surface area contributed by atoms with Crippen LogP contribution in [0.4, 0.5) is 0 Å². The van der Waals surface area contributed by atoms with E-state index in [-0.39, 0.29) is 5.56 Å². The molecule has 3 heterocycles. The topological polar surface area (TPSA) is 74.8 Å². The molecule has 132 valence electrons. The summed E-state index contributed by atoms with van der Waals surface area (Å²) in [7, 11) is 1.65. The van der Waals surface area contributed by atoms with Crippen LogP contribution >= 0.6 is 0 Å². The molecular formula is C19H19N5O2. The highest BCUT2D eigenvalue weighted by molar-refractivity contribution is 6.02. The number of methoxy groups -OCH3 is 1. The normalized spacial score (nSPS) is 11.5. The third kappa shape index (κ3) is 2.66. The molecule has 3 aromatic heterocycles. The molecule has 0 aliphatic rings. The molecule has 0 fully saturated rings. The zero-order valence-electron chi connectivity index (χ0n) is 14.7. The zero-order chi connectivity index (χ0) is 18.1. The Kier molecular flexibility index (Phi) is 4.22. The second-order valence-electron chi connectivity index (χ2n) is 6.14. The van der Waals surface area contributed by atoms with Crippen LogP contribution in [0.2, 0.25) is 0 Å². The smallest absolute Gasteiger partial charge is 0.263 e. The maximum absolute atomic E-state index is 12.9. The summed E-state index contributed by atoms with van der Waals surface area (Å²) in [5, 5.41) is 5.78. The molecule has 4 rings (SSSR count). The van der Waals surface area contributed by atoms with E-state index in [0.717, 1.165) is 17.5 Å². The van der Waals surface area contributed by atoms with E-state index in [0.29, 0.717) is 35.4 Å². The van der Waals surface area contributed by atoms with Gasteiger partial charge < -0.3 is 4.74 Å². The van der Waals surface area contributed by atoms with Gasteiger partial charge in [-0.15, -0.1) is 0 Å². The average molecular weight is 349 g/mol. The molecule has 0 saturated carbocycles. The number of pyridine rings is 1. The van der Waals surface area contributed by atoms with Crippen molar-refractivity contribution in [2.45, 2.75) is 19.9 Å². The first-order valence-corrected chi connectivity index (χ1v) is 8.48. The van der Waals surface area contributed by atoms with Gasteiger partial charge in [-0.3, -0.25) is 9.36 Å². The van der Waals surface area contributed by atoms with Crippen LogP contribution < -0.4 is 5.56 Å². The van der Waals surface area contributed by atoms with Gasteiger partial charge in [-0.2, -0.15) is 5.10 Å². The van der Waals surface area contributed by atoms with E-state index in [1.54, 1.807) is 28.9 Å². The maximum atomic E-state index is 12.9. The summed E-state index contributed by atoms with van der Waals surface area (Å²) in [5.41, 5.74) is 2.84. The van der Waals surface area contributed by atoms with Gasteiger partial charge in [0.25, 0.3) is 5.56 Å². The Morgan fingerprint density at radius 3 is 2.77 bits per heavy atom. The fourth-order valence-electron chi connectivity index (χ4n) is 3.15. The van der Waals surface area contributed by atoms with Gasteiger partial charge in [0.15, 0.2) is 5.65 Å². The van der Waals surface area contributed by atoms with Crippen molar-refractivity contribution in [3.05, 3.63) is 58.9 Å². The minimum atomic E-state index is -0.0783. The molecule has 0 atom stereocenters. The third-order valence-electron chi connectivity index (χ3n) is 4.42. The van der Waals surface area contributed by atoms with Crippen molar-refractivity contribution in [1.29, 1.82) is 0 Å². The maximum Gasteiger partial charge on any atom is 0.263 e. The summed E-state index contributed by atoms with van der Waals surface area (Å²) in [4.78, 5) is 22.1. The average Bonchev–Trinajstić information content (AvgIpc) is 3.08. The Labute approximate surface area is 149 Å². The van der Waals surface area contributed by atoms with E-state index >= 15 is 0 Å². The minimum Gasteiger partial charge on any atom is -0.385 e. The monoisotopic (exact) mass is 349 g/mol. The first-order valence-electron chi connectivity index (χ1n) is 8.48. The summed E-state index contributed by atoms with van der Waals surface area (Å²) < 4.78 is 8.44.